The number of thiophene rings is 1. The quantitative estimate of drug-likeness (QED) is 0.687. The van der Waals surface area contributed by atoms with E-state index in [1.165, 1.54) is 40.8 Å². The van der Waals surface area contributed by atoms with Crippen LogP contribution in [0.25, 0.3) is 10.2 Å². The van der Waals surface area contributed by atoms with E-state index in [0.29, 0.717) is 31.7 Å². The Morgan fingerprint density at radius 1 is 1.07 bits per heavy atom. The standard InChI is InChI=1S/C22H23FN4O2S/c23-15-7-5-14(6-8-15)19(22(28)29)26-9-11-27(12-10-26)20-18-16-3-1-2-4-17(16)30-21(18)25-13-24-20/h5-8,13,19H,1-4,9-12H2,(H,28,29). The maximum Gasteiger partial charge on any atom is 0.325 e. The number of fused-ring (bicyclic) bond motifs is 3. The summed E-state index contributed by atoms with van der Waals surface area (Å²) in [7, 11) is 0. The molecule has 3 aromatic rings. The number of piperazine rings is 1. The smallest absolute Gasteiger partial charge is 0.325 e. The number of carboxylic acids is 1. The summed E-state index contributed by atoms with van der Waals surface area (Å²) in [5, 5.41) is 11.0. The summed E-state index contributed by atoms with van der Waals surface area (Å²) in [6, 6.07) is 4.99. The van der Waals surface area contributed by atoms with Crippen molar-refractivity contribution in [3.63, 3.8) is 0 Å². The number of nitrogens with zero attached hydrogens (tertiary/aromatic N) is 4. The van der Waals surface area contributed by atoms with Gasteiger partial charge in [0.05, 0.1) is 5.39 Å². The molecule has 1 saturated heterocycles. The van der Waals surface area contributed by atoms with Gasteiger partial charge in [0.25, 0.3) is 0 Å². The lowest BCUT2D eigenvalue weighted by Crippen LogP contribution is -2.49. The van der Waals surface area contributed by atoms with Gasteiger partial charge in [0, 0.05) is 31.1 Å². The third-order valence-corrected chi connectivity index (χ3v) is 7.33. The second kappa shape index (κ2) is 7.92. The van der Waals surface area contributed by atoms with Gasteiger partial charge >= 0.3 is 5.97 Å². The number of halogens is 1. The number of carbonyl (C=O) groups is 1. The Morgan fingerprint density at radius 3 is 2.53 bits per heavy atom. The van der Waals surface area contributed by atoms with Crippen molar-refractivity contribution in [1.82, 2.24) is 14.9 Å². The Balaban J connectivity index is 1.39. The molecule has 2 aliphatic rings. The number of rotatable bonds is 4. The summed E-state index contributed by atoms with van der Waals surface area (Å²) in [5.41, 5.74) is 2.02. The van der Waals surface area contributed by atoms with Crippen LogP contribution in [0.15, 0.2) is 30.6 Å². The average Bonchev–Trinajstić information content (AvgIpc) is 3.14. The molecule has 1 unspecified atom stereocenters. The molecule has 5 rings (SSSR count). The number of carboxylic acid groups (broad SMARTS) is 1. The Morgan fingerprint density at radius 2 is 1.80 bits per heavy atom. The van der Waals surface area contributed by atoms with Crippen LogP contribution in [0, 0.1) is 5.82 Å². The molecule has 0 radical (unpaired) electrons. The molecule has 1 N–H and O–H groups in total. The van der Waals surface area contributed by atoms with Gasteiger partial charge in [0.15, 0.2) is 0 Å². The van der Waals surface area contributed by atoms with E-state index in [1.54, 1.807) is 29.8 Å². The molecule has 0 amide bonds. The molecule has 156 valence electrons. The molecule has 1 aromatic carbocycles. The predicted molar refractivity (Wildman–Crippen MR) is 115 cm³/mol. The van der Waals surface area contributed by atoms with E-state index < -0.39 is 12.0 Å². The summed E-state index contributed by atoms with van der Waals surface area (Å²) >= 11 is 1.79. The molecular formula is C22H23FN4O2S. The first-order valence-corrected chi connectivity index (χ1v) is 11.2. The Labute approximate surface area is 178 Å². The van der Waals surface area contributed by atoms with E-state index in [2.05, 4.69) is 14.9 Å². The van der Waals surface area contributed by atoms with Gasteiger partial charge in [-0.2, -0.15) is 0 Å². The maximum atomic E-state index is 13.3. The van der Waals surface area contributed by atoms with Crippen LogP contribution in [0.4, 0.5) is 10.2 Å². The van der Waals surface area contributed by atoms with Gasteiger partial charge in [-0.15, -0.1) is 11.3 Å². The number of hydrogen-bond donors (Lipinski definition) is 1. The molecule has 0 spiro atoms. The molecule has 1 fully saturated rings. The van der Waals surface area contributed by atoms with E-state index in [9.17, 15) is 14.3 Å². The maximum absolute atomic E-state index is 13.3. The summed E-state index contributed by atoms with van der Waals surface area (Å²) in [4.78, 5) is 27.8. The van der Waals surface area contributed by atoms with Crippen LogP contribution < -0.4 is 4.90 Å². The molecule has 6 nitrogen and oxygen atoms in total. The van der Waals surface area contributed by atoms with Crippen LogP contribution in [-0.4, -0.2) is 52.1 Å². The molecule has 2 aromatic heterocycles. The highest BCUT2D eigenvalue weighted by atomic mass is 32.1. The Kier molecular flexibility index (Phi) is 5.12. The fourth-order valence-corrected chi connectivity index (χ4v) is 5.88. The molecule has 1 aliphatic carbocycles. The summed E-state index contributed by atoms with van der Waals surface area (Å²) < 4.78 is 13.3. The van der Waals surface area contributed by atoms with Crippen LogP contribution in [0.5, 0.6) is 0 Å². The summed E-state index contributed by atoms with van der Waals surface area (Å²) in [5.74, 6) is -0.293. The highest BCUT2D eigenvalue weighted by molar-refractivity contribution is 7.19. The average molecular weight is 427 g/mol. The van der Waals surface area contributed by atoms with Crippen molar-refractivity contribution in [2.75, 3.05) is 31.1 Å². The highest BCUT2D eigenvalue weighted by Crippen LogP contribution is 2.39. The van der Waals surface area contributed by atoms with Crippen LogP contribution in [0.1, 0.15) is 34.9 Å². The van der Waals surface area contributed by atoms with E-state index in [0.717, 1.165) is 23.5 Å². The van der Waals surface area contributed by atoms with Crippen LogP contribution in [0.3, 0.4) is 0 Å². The van der Waals surface area contributed by atoms with Gasteiger partial charge < -0.3 is 10.0 Å². The highest BCUT2D eigenvalue weighted by Gasteiger charge is 2.32. The molecule has 1 aliphatic heterocycles. The van der Waals surface area contributed by atoms with Gasteiger partial charge in [0.1, 0.15) is 28.8 Å². The van der Waals surface area contributed by atoms with Crippen molar-refractivity contribution >= 4 is 33.3 Å². The molecule has 1 atom stereocenters. The second-order valence-corrected chi connectivity index (χ2v) is 8.99. The minimum atomic E-state index is -0.911. The minimum absolute atomic E-state index is 0.361. The van der Waals surface area contributed by atoms with E-state index in [1.807, 2.05) is 4.90 Å². The molecule has 3 heterocycles. The van der Waals surface area contributed by atoms with Crippen molar-refractivity contribution in [3.05, 3.63) is 52.4 Å². The molecular weight excluding hydrogens is 403 g/mol. The largest absolute Gasteiger partial charge is 0.480 e. The first-order chi connectivity index (χ1) is 14.6. The monoisotopic (exact) mass is 426 g/mol. The fraction of sp³-hybridized carbons (Fsp3) is 0.409. The second-order valence-electron chi connectivity index (χ2n) is 7.90. The Bertz CT molecular complexity index is 1080. The van der Waals surface area contributed by atoms with Gasteiger partial charge in [-0.1, -0.05) is 12.1 Å². The third kappa shape index (κ3) is 3.44. The van der Waals surface area contributed by atoms with Crippen molar-refractivity contribution in [3.8, 4) is 0 Å². The fourth-order valence-electron chi connectivity index (χ4n) is 4.66. The number of anilines is 1. The zero-order valence-electron chi connectivity index (χ0n) is 16.6. The summed E-state index contributed by atoms with van der Waals surface area (Å²) in [6.45, 7) is 2.60. The first kappa shape index (κ1) is 19.4. The first-order valence-electron chi connectivity index (χ1n) is 10.3. The van der Waals surface area contributed by atoms with Gasteiger partial charge in [-0.3, -0.25) is 9.69 Å². The molecule has 0 bridgehead atoms. The van der Waals surface area contributed by atoms with Crippen molar-refractivity contribution in [2.45, 2.75) is 31.7 Å². The lowest BCUT2D eigenvalue weighted by atomic mass is 9.97. The molecule has 0 saturated carbocycles. The summed E-state index contributed by atoms with van der Waals surface area (Å²) in [6.07, 6.45) is 6.30. The number of benzene rings is 1. The molecule has 30 heavy (non-hydrogen) atoms. The zero-order valence-corrected chi connectivity index (χ0v) is 17.4. The van der Waals surface area contributed by atoms with Crippen molar-refractivity contribution < 1.29 is 14.3 Å². The van der Waals surface area contributed by atoms with Gasteiger partial charge in [0.2, 0.25) is 0 Å². The van der Waals surface area contributed by atoms with E-state index >= 15 is 0 Å². The van der Waals surface area contributed by atoms with E-state index in [-0.39, 0.29) is 5.82 Å². The van der Waals surface area contributed by atoms with Crippen LogP contribution in [-0.2, 0) is 17.6 Å². The van der Waals surface area contributed by atoms with E-state index in [4.69, 9.17) is 0 Å². The van der Waals surface area contributed by atoms with Crippen LogP contribution >= 0.6 is 11.3 Å². The zero-order chi connectivity index (χ0) is 20.7. The lowest BCUT2D eigenvalue weighted by molar-refractivity contribution is -0.143. The molecule has 8 heteroatoms. The number of aliphatic carboxylic acids is 1. The minimum Gasteiger partial charge on any atom is -0.480 e. The normalized spacial score (nSPS) is 18.4. The van der Waals surface area contributed by atoms with Crippen molar-refractivity contribution in [1.29, 1.82) is 0 Å². The van der Waals surface area contributed by atoms with Gasteiger partial charge in [-0.25, -0.2) is 14.4 Å². The predicted octanol–water partition coefficient (Wildman–Crippen LogP) is 3.66. The number of aromatic nitrogens is 2. The number of aryl methyl sites for hydroxylation is 2. The Hall–Kier alpha value is -2.58. The van der Waals surface area contributed by atoms with Crippen LogP contribution in [0.2, 0.25) is 0 Å². The van der Waals surface area contributed by atoms with Crippen molar-refractivity contribution in [2.24, 2.45) is 0 Å². The third-order valence-electron chi connectivity index (χ3n) is 6.13. The number of hydrogen-bond acceptors (Lipinski definition) is 6. The topological polar surface area (TPSA) is 69.6 Å². The lowest BCUT2D eigenvalue weighted by Gasteiger charge is -2.38. The SMILES string of the molecule is O=C(O)C(c1ccc(F)cc1)N1CCN(c2ncnc3sc4c(c23)CCCC4)CC1. The van der Waals surface area contributed by atoms with Gasteiger partial charge in [-0.05, 0) is 48.9 Å².